The zero-order valence-corrected chi connectivity index (χ0v) is 20.3. The number of nitrogens with one attached hydrogen (secondary N) is 1. The molecule has 0 aliphatic carbocycles. The summed E-state index contributed by atoms with van der Waals surface area (Å²) in [5, 5.41) is 15.5. The lowest BCUT2D eigenvalue weighted by molar-refractivity contribution is -0.534. The summed E-state index contributed by atoms with van der Waals surface area (Å²) in [6.07, 6.45) is 0. The number of nitrogens with zero attached hydrogens (tertiary/aromatic N) is 2. The van der Waals surface area contributed by atoms with Crippen molar-refractivity contribution >= 4 is 23.2 Å². The van der Waals surface area contributed by atoms with Gasteiger partial charge in [-0.3, -0.25) is 19.8 Å². The lowest BCUT2D eigenvalue weighted by Gasteiger charge is -2.30. The number of benzene rings is 3. The van der Waals surface area contributed by atoms with E-state index in [1.165, 1.54) is 13.2 Å². The summed E-state index contributed by atoms with van der Waals surface area (Å²) in [5.74, 6) is -1.05. The molecule has 2 aliphatic heterocycles. The largest absolute Gasteiger partial charge is 0.493 e. The maximum atomic E-state index is 14.0. The molecule has 5 rings (SSSR count). The Balaban J connectivity index is 1.54. The van der Waals surface area contributed by atoms with Crippen LogP contribution in [0.1, 0.15) is 22.6 Å². The minimum atomic E-state index is -1.47. The topological polar surface area (TPSA) is 93.9 Å². The molecule has 0 saturated carbocycles. The monoisotopic (exact) mass is 511 g/mol. The average Bonchev–Trinajstić information content (AvgIpc) is 3.33. The highest BCUT2D eigenvalue weighted by Gasteiger charge is 2.68. The van der Waals surface area contributed by atoms with Gasteiger partial charge in [0.15, 0.2) is 17.0 Å². The van der Waals surface area contributed by atoms with E-state index < -0.39 is 34.1 Å². The van der Waals surface area contributed by atoms with Crippen LogP contribution in [-0.2, 0) is 16.9 Å². The van der Waals surface area contributed by atoms with E-state index in [9.17, 15) is 19.3 Å². The number of carbonyl (C=O) groups is 1. The highest BCUT2D eigenvalue weighted by molar-refractivity contribution is 6.32. The molecule has 3 atom stereocenters. The predicted octanol–water partition coefficient (Wildman–Crippen LogP) is 4.59. The van der Waals surface area contributed by atoms with Crippen molar-refractivity contribution < 1.29 is 23.6 Å². The third-order valence-corrected chi connectivity index (χ3v) is 7.33. The molecular formula is C26H23ClFN3O5. The highest BCUT2D eigenvalue weighted by Crippen LogP contribution is 2.53. The van der Waals surface area contributed by atoms with Gasteiger partial charge in [0.05, 0.1) is 18.1 Å². The number of rotatable bonds is 6. The van der Waals surface area contributed by atoms with Crippen LogP contribution in [0.25, 0.3) is 0 Å². The van der Waals surface area contributed by atoms with Gasteiger partial charge in [-0.15, -0.1) is 0 Å². The Morgan fingerprint density at radius 1 is 1.22 bits per heavy atom. The van der Waals surface area contributed by atoms with Crippen molar-refractivity contribution in [1.82, 2.24) is 4.90 Å². The van der Waals surface area contributed by atoms with E-state index in [0.717, 1.165) is 0 Å². The van der Waals surface area contributed by atoms with Crippen LogP contribution in [0.15, 0.2) is 60.7 Å². The fraction of sp³-hybridized carbons (Fsp3) is 0.269. The Bertz CT molecular complexity index is 1370. The number of nitro groups is 1. The van der Waals surface area contributed by atoms with Crippen LogP contribution in [0.3, 0.4) is 0 Å². The number of anilines is 1. The van der Waals surface area contributed by atoms with E-state index in [4.69, 9.17) is 21.1 Å². The Kier molecular flexibility index (Phi) is 6.05. The number of hydrogen-bond acceptors (Lipinski definition) is 6. The fourth-order valence-electron chi connectivity index (χ4n) is 5.44. The number of likely N-dealkylation sites (tertiary alicyclic amines) is 1. The van der Waals surface area contributed by atoms with E-state index in [2.05, 4.69) is 5.32 Å². The first kappa shape index (κ1) is 24.0. The van der Waals surface area contributed by atoms with Gasteiger partial charge in [-0.25, -0.2) is 4.39 Å². The molecular weight excluding hydrogens is 489 g/mol. The third-order valence-electron chi connectivity index (χ3n) is 7.05. The SMILES string of the molecule is COc1cc([C@@H]2CN(C)[C@]3(C(=O)Nc4ccccc43)[C@H]2[N+](=O)[O-])cc(Cl)c1OCc1ccccc1F. The molecule has 1 spiro atoms. The first-order valence-electron chi connectivity index (χ1n) is 11.3. The van der Waals surface area contributed by atoms with Crippen LogP contribution in [0.5, 0.6) is 11.5 Å². The molecule has 3 aromatic rings. The van der Waals surface area contributed by atoms with E-state index >= 15 is 0 Å². The quantitative estimate of drug-likeness (QED) is 0.384. The summed E-state index contributed by atoms with van der Waals surface area (Å²) < 4.78 is 25.3. The summed E-state index contributed by atoms with van der Waals surface area (Å²) in [5.41, 5.74) is 0.555. The normalized spacial score (nSPS) is 22.9. The van der Waals surface area contributed by atoms with E-state index in [-0.39, 0.29) is 29.7 Å². The summed E-state index contributed by atoms with van der Waals surface area (Å²) in [6.45, 7) is 0.161. The van der Waals surface area contributed by atoms with Crippen molar-refractivity contribution in [2.45, 2.75) is 24.1 Å². The number of hydrogen-bond donors (Lipinski definition) is 1. The standard InChI is InChI=1S/C26H23ClFN3O5/c1-30-13-17(24(31(33)34)26(30)18-8-4-6-10-21(18)29-25(26)32)16-11-19(27)23(22(12-16)35-2)36-14-15-7-3-5-9-20(15)28/h3-12,17,24H,13-14H2,1-2H3,(H,29,32)/t17-,24-,26-/m0/s1. The molecule has 1 fully saturated rings. The number of fused-ring (bicyclic) bond motifs is 2. The molecule has 0 aromatic heterocycles. The van der Waals surface area contributed by atoms with Gasteiger partial charge in [0.25, 0.3) is 11.9 Å². The zero-order valence-electron chi connectivity index (χ0n) is 19.5. The van der Waals surface area contributed by atoms with Crippen molar-refractivity contribution in [3.8, 4) is 11.5 Å². The fourth-order valence-corrected chi connectivity index (χ4v) is 5.71. The molecule has 1 N–H and O–H groups in total. The maximum absolute atomic E-state index is 14.0. The summed E-state index contributed by atoms with van der Waals surface area (Å²) >= 11 is 6.56. The molecule has 8 nitrogen and oxygen atoms in total. The van der Waals surface area contributed by atoms with Gasteiger partial charge in [0.2, 0.25) is 0 Å². The van der Waals surface area contributed by atoms with E-state index in [1.54, 1.807) is 66.5 Å². The van der Waals surface area contributed by atoms with E-state index in [1.807, 2.05) is 0 Å². The van der Waals surface area contributed by atoms with Crippen LogP contribution < -0.4 is 14.8 Å². The molecule has 0 unspecified atom stereocenters. The number of para-hydroxylation sites is 1. The number of likely N-dealkylation sites (N-methyl/N-ethyl adjacent to an activating group) is 1. The second-order valence-corrected chi connectivity index (χ2v) is 9.30. The zero-order chi connectivity index (χ0) is 25.6. The van der Waals surface area contributed by atoms with Crippen LogP contribution >= 0.6 is 11.6 Å². The highest BCUT2D eigenvalue weighted by atomic mass is 35.5. The second-order valence-electron chi connectivity index (χ2n) is 8.90. The lowest BCUT2D eigenvalue weighted by Crippen LogP contribution is -2.54. The summed E-state index contributed by atoms with van der Waals surface area (Å²) in [4.78, 5) is 27.2. The molecule has 1 amide bonds. The predicted molar refractivity (Wildman–Crippen MR) is 132 cm³/mol. The summed E-state index contributed by atoms with van der Waals surface area (Å²) in [7, 11) is 3.14. The van der Waals surface area contributed by atoms with Gasteiger partial charge in [-0.2, -0.15) is 0 Å². The molecule has 2 aliphatic rings. The van der Waals surface area contributed by atoms with Crippen molar-refractivity contribution in [2.24, 2.45) is 0 Å². The number of ether oxygens (including phenoxy) is 2. The minimum absolute atomic E-state index is 0.0775. The van der Waals surface area contributed by atoms with Crippen molar-refractivity contribution in [1.29, 1.82) is 0 Å². The van der Waals surface area contributed by atoms with Crippen molar-refractivity contribution in [2.75, 3.05) is 26.0 Å². The van der Waals surface area contributed by atoms with Gasteiger partial charge < -0.3 is 14.8 Å². The van der Waals surface area contributed by atoms with Gasteiger partial charge >= 0.3 is 0 Å². The van der Waals surface area contributed by atoms with Crippen molar-refractivity contribution in [3.63, 3.8) is 0 Å². The van der Waals surface area contributed by atoms with Crippen LogP contribution in [0.4, 0.5) is 10.1 Å². The molecule has 2 heterocycles. The van der Waals surface area contributed by atoms with Crippen molar-refractivity contribution in [3.05, 3.63) is 98.3 Å². The van der Waals surface area contributed by atoms with E-state index in [0.29, 0.717) is 22.4 Å². The number of carbonyl (C=O) groups excluding carboxylic acids is 1. The van der Waals surface area contributed by atoms with Gasteiger partial charge in [-0.1, -0.05) is 48.0 Å². The molecule has 1 saturated heterocycles. The van der Waals surface area contributed by atoms with Crippen LogP contribution in [0, 0.1) is 15.9 Å². The number of methoxy groups -OCH3 is 1. The second kappa shape index (κ2) is 9.07. The Morgan fingerprint density at radius 2 is 1.94 bits per heavy atom. The summed E-state index contributed by atoms with van der Waals surface area (Å²) in [6, 6.07) is 15.2. The Hall–Kier alpha value is -3.69. The molecule has 36 heavy (non-hydrogen) atoms. The Labute approximate surface area is 211 Å². The molecule has 3 aromatic carbocycles. The average molecular weight is 512 g/mol. The maximum Gasteiger partial charge on any atom is 0.256 e. The molecule has 0 bridgehead atoms. The van der Waals surface area contributed by atoms with Crippen LogP contribution in [-0.4, -0.2) is 42.5 Å². The van der Waals surface area contributed by atoms with Gasteiger partial charge in [0, 0.05) is 28.3 Å². The van der Waals surface area contributed by atoms with Gasteiger partial charge in [0.1, 0.15) is 12.4 Å². The molecule has 10 heteroatoms. The number of halogens is 2. The van der Waals surface area contributed by atoms with Crippen LogP contribution in [0.2, 0.25) is 5.02 Å². The third kappa shape index (κ3) is 3.58. The first-order valence-corrected chi connectivity index (χ1v) is 11.7. The lowest BCUT2D eigenvalue weighted by atomic mass is 9.79. The Morgan fingerprint density at radius 3 is 2.67 bits per heavy atom. The smallest absolute Gasteiger partial charge is 0.256 e. The molecule has 0 radical (unpaired) electrons. The molecule has 186 valence electrons. The first-order chi connectivity index (χ1) is 17.3. The minimum Gasteiger partial charge on any atom is -0.493 e. The number of amides is 1. The van der Waals surface area contributed by atoms with Gasteiger partial charge in [-0.05, 0) is 36.9 Å².